The Morgan fingerprint density at radius 3 is 2.80 bits per heavy atom. The van der Waals surface area contributed by atoms with Gasteiger partial charge < -0.3 is 5.32 Å². The molecule has 2 atom stereocenters. The molecule has 1 nitrogen and oxygen atoms in total. The van der Waals surface area contributed by atoms with Gasteiger partial charge in [-0.15, -0.1) is 0 Å². The lowest BCUT2D eigenvalue weighted by atomic mass is 9.81. The van der Waals surface area contributed by atoms with E-state index in [-0.39, 0.29) is 0 Å². The predicted molar refractivity (Wildman–Crippen MR) is 92.3 cm³/mol. The van der Waals surface area contributed by atoms with Crippen LogP contribution in [0.15, 0.2) is 22.7 Å². The van der Waals surface area contributed by atoms with Crippen molar-refractivity contribution < 1.29 is 0 Å². The normalized spacial score (nSPS) is 23.1. The lowest BCUT2D eigenvalue weighted by Gasteiger charge is -2.32. The second-order valence-corrected chi connectivity index (χ2v) is 7.57. The van der Waals surface area contributed by atoms with Gasteiger partial charge in [0.15, 0.2) is 0 Å². The second kappa shape index (κ2) is 7.49. The number of benzene rings is 1. The second-order valence-electron chi connectivity index (χ2n) is 6.66. The molecule has 0 amide bonds. The molecule has 1 N–H and O–H groups in total. The molecule has 1 aliphatic carbocycles. The van der Waals surface area contributed by atoms with Gasteiger partial charge in [0.2, 0.25) is 0 Å². The average molecular weight is 338 g/mol. The van der Waals surface area contributed by atoms with Gasteiger partial charge in [0.25, 0.3) is 0 Å². The summed E-state index contributed by atoms with van der Waals surface area (Å²) >= 11 is 3.57. The van der Waals surface area contributed by atoms with Gasteiger partial charge in [-0.05, 0) is 61.3 Å². The summed E-state index contributed by atoms with van der Waals surface area (Å²) in [5.74, 6) is 1.75. The fraction of sp³-hybridized carbons (Fsp3) is 0.667. The minimum Gasteiger partial charge on any atom is -0.382 e. The first-order valence-corrected chi connectivity index (χ1v) is 8.92. The highest BCUT2D eigenvalue weighted by atomic mass is 79.9. The van der Waals surface area contributed by atoms with E-state index in [1.807, 2.05) is 0 Å². The Hall–Kier alpha value is -0.500. The summed E-state index contributed by atoms with van der Waals surface area (Å²) in [5, 5.41) is 3.81. The van der Waals surface area contributed by atoms with Crippen LogP contribution in [-0.2, 0) is 6.42 Å². The van der Waals surface area contributed by atoms with Crippen molar-refractivity contribution in [2.24, 2.45) is 11.8 Å². The van der Waals surface area contributed by atoms with Crippen molar-refractivity contribution in [2.75, 3.05) is 5.32 Å². The maximum Gasteiger partial charge on any atom is 0.0375 e. The first-order valence-electron chi connectivity index (χ1n) is 8.13. The van der Waals surface area contributed by atoms with Gasteiger partial charge in [-0.25, -0.2) is 0 Å². The van der Waals surface area contributed by atoms with E-state index >= 15 is 0 Å². The van der Waals surface area contributed by atoms with Crippen molar-refractivity contribution in [2.45, 2.75) is 65.3 Å². The summed E-state index contributed by atoms with van der Waals surface area (Å²) < 4.78 is 1.18. The number of aryl methyl sites for hydroxylation is 1. The van der Waals surface area contributed by atoms with Crippen LogP contribution in [0.2, 0.25) is 0 Å². The van der Waals surface area contributed by atoms with Crippen LogP contribution >= 0.6 is 15.9 Å². The highest BCUT2D eigenvalue weighted by molar-refractivity contribution is 9.10. The Labute approximate surface area is 132 Å². The summed E-state index contributed by atoms with van der Waals surface area (Å²) in [6.45, 7) is 6.93. The van der Waals surface area contributed by atoms with Gasteiger partial charge in [-0.2, -0.15) is 0 Å². The number of hydrogen-bond acceptors (Lipinski definition) is 1. The van der Waals surface area contributed by atoms with Crippen LogP contribution < -0.4 is 5.32 Å². The molecule has 0 bridgehead atoms. The fourth-order valence-electron chi connectivity index (χ4n) is 3.52. The van der Waals surface area contributed by atoms with Gasteiger partial charge >= 0.3 is 0 Å². The molecule has 20 heavy (non-hydrogen) atoms. The molecule has 1 fully saturated rings. The molecule has 2 heteroatoms. The predicted octanol–water partition coefficient (Wildman–Crippen LogP) is 6.03. The Kier molecular flexibility index (Phi) is 5.95. The van der Waals surface area contributed by atoms with E-state index in [9.17, 15) is 0 Å². The SMILES string of the molecule is CCc1cc(Br)ccc1NC1CCCC(CC(C)C)C1. The van der Waals surface area contributed by atoms with E-state index in [1.54, 1.807) is 0 Å². The van der Waals surface area contributed by atoms with Crippen LogP contribution in [0.5, 0.6) is 0 Å². The highest BCUT2D eigenvalue weighted by Crippen LogP contribution is 2.32. The van der Waals surface area contributed by atoms with Crippen molar-refractivity contribution in [3.63, 3.8) is 0 Å². The zero-order valence-corrected chi connectivity index (χ0v) is 14.7. The van der Waals surface area contributed by atoms with Gasteiger partial charge in [0.1, 0.15) is 0 Å². The summed E-state index contributed by atoms with van der Waals surface area (Å²) in [4.78, 5) is 0. The van der Waals surface area contributed by atoms with Gasteiger partial charge in [0, 0.05) is 16.2 Å². The molecule has 1 aromatic carbocycles. The Bertz CT molecular complexity index is 427. The molecule has 112 valence electrons. The molecule has 0 aromatic heterocycles. The number of nitrogens with one attached hydrogen (secondary N) is 1. The van der Waals surface area contributed by atoms with E-state index < -0.39 is 0 Å². The van der Waals surface area contributed by atoms with Crippen LogP contribution in [0.25, 0.3) is 0 Å². The van der Waals surface area contributed by atoms with Crippen molar-refractivity contribution in [1.82, 2.24) is 0 Å². The topological polar surface area (TPSA) is 12.0 Å². The van der Waals surface area contributed by atoms with Gasteiger partial charge in [-0.1, -0.05) is 49.5 Å². The van der Waals surface area contributed by atoms with E-state index in [1.165, 1.54) is 47.8 Å². The number of halogens is 1. The van der Waals surface area contributed by atoms with Gasteiger partial charge in [0.05, 0.1) is 0 Å². The third kappa shape index (κ3) is 4.51. The molecule has 1 saturated carbocycles. The molecule has 0 saturated heterocycles. The monoisotopic (exact) mass is 337 g/mol. The van der Waals surface area contributed by atoms with Crippen LogP contribution in [-0.4, -0.2) is 6.04 Å². The molecular weight excluding hydrogens is 310 g/mol. The zero-order chi connectivity index (χ0) is 14.5. The van der Waals surface area contributed by atoms with Crippen LogP contribution in [0.1, 0.15) is 58.4 Å². The molecule has 0 aliphatic heterocycles. The smallest absolute Gasteiger partial charge is 0.0375 e. The maximum atomic E-state index is 3.81. The minimum atomic E-state index is 0.666. The Morgan fingerprint density at radius 2 is 2.10 bits per heavy atom. The summed E-state index contributed by atoms with van der Waals surface area (Å²) in [5.41, 5.74) is 2.76. The quantitative estimate of drug-likeness (QED) is 0.691. The molecule has 0 spiro atoms. The van der Waals surface area contributed by atoms with E-state index in [0.717, 1.165) is 18.3 Å². The lowest BCUT2D eigenvalue weighted by Crippen LogP contribution is -2.28. The van der Waals surface area contributed by atoms with Crippen molar-refractivity contribution in [3.05, 3.63) is 28.2 Å². The van der Waals surface area contributed by atoms with Crippen molar-refractivity contribution in [3.8, 4) is 0 Å². The van der Waals surface area contributed by atoms with E-state index in [4.69, 9.17) is 0 Å². The first kappa shape index (κ1) is 15.9. The molecule has 0 radical (unpaired) electrons. The Morgan fingerprint density at radius 1 is 1.30 bits per heavy atom. The van der Waals surface area contributed by atoms with Crippen LogP contribution in [0.3, 0.4) is 0 Å². The zero-order valence-electron chi connectivity index (χ0n) is 13.1. The minimum absolute atomic E-state index is 0.666. The largest absolute Gasteiger partial charge is 0.382 e. The van der Waals surface area contributed by atoms with E-state index in [0.29, 0.717) is 6.04 Å². The molecular formula is C18H28BrN. The highest BCUT2D eigenvalue weighted by Gasteiger charge is 2.22. The molecule has 2 rings (SSSR count). The number of rotatable bonds is 5. The molecule has 0 heterocycles. The number of hydrogen-bond donors (Lipinski definition) is 1. The van der Waals surface area contributed by atoms with Crippen LogP contribution in [0, 0.1) is 11.8 Å². The summed E-state index contributed by atoms with van der Waals surface area (Å²) in [6.07, 6.45) is 7.96. The molecule has 2 unspecified atom stereocenters. The molecule has 1 aliphatic rings. The summed E-state index contributed by atoms with van der Waals surface area (Å²) in [7, 11) is 0. The fourth-order valence-corrected chi connectivity index (χ4v) is 3.93. The van der Waals surface area contributed by atoms with Gasteiger partial charge in [-0.3, -0.25) is 0 Å². The van der Waals surface area contributed by atoms with Crippen LogP contribution in [0.4, 0.5) is 5.69 Å². The van der Waals surface area contributed by atoms with E-state index in [2.05, 4.69) is 60.2 Å². The standard InChI is InChI=1S/C18H28BrN/c1-4-15-12-16(19)8-9-18(15)20-17-7-5-6-14(11-17)10-13(2)3/h8-9,12-14,17,20H,4-7,10-11H2,1-3H3. The summed E-state index contributed by atoms with van der Waals surface area (Å²) in [6, 6.07) is 7.29. The first-order chi connectivity index (χ1) is 9.58. The Balaban J connectivity index is 1.99. The van der Waals surface area contributed by atoms with Crippen molar-refractivity contribution >= 4 is 21.6 Å². The number of anilines is 1. The lowest BCUT2D eigenvalue weighted by molar-refractivity contribution is 0.289. The third-order valence-electron chi connectivity index (χ3n) is 4.40. The molecule has 1 aromatic rings. The average Bonchev–Trinajstić information content (AvgIpc) is 2.40. The van der Waals surface area contributed by atoms with Crippen molar-refractivity contribution in [1.29, 1.82) is 0 Å². The third-order valence-corrected chi connectivity index (χ3v) is 4.89. The maximum absolute atomic E-state index is 3.81.